The van der Waals surface area contributed by atoms with E-state index in [-0.39, 0.29) is 5.91 Å². The quantitative estimate of drug-likeness (QED) is 0.860. The van der Waals surface area contributed by atoms with Gasteiger partial charge in [-0.25, -0.2) is 0 Å². The summed E-state index contributed by atoms with van der Waals surface area (Å²) in [5, 5.41) is 4.00. The summed E-state index contributed by atoms with van der Waals surface area (Å²) in [6.07, 6.45) is 8.07. The first kappa shape index (κ1) is 14.0. The van der Waals surface area contributed by atoms with Gasteiger partial charge in [0.15, 0.2) is 5.69 Å². The van der Waals surface area contributed by atoms with Gasteiger partial charge < -0.3 is 9.42 Å². The number of nitrogens with zero attached hydrogens (tertiary/aromatic N) is 3. The Bertz CT molecular complexity index is 601. The summed E-state index contributed by atoms with van der Waals surface area (Å²) in [6.45, 7) is 3.70. The van der Waals surface area contributed by atoms with E-state index in [2.05, 4.69) is 10.1 Å². The molecule has 1 aliphatic heterocycles. The van der Waals surface area contributed by atoms with E-state index in [1.165, 1.54) is 38.5 Å². The SMILES string of the molecule is O=C(c1cc(C2CC2)on1)N1CCN([C@H]2C[C@H]3CC[C@H]2C3)CC1. The third-order valence-electron chi connectivity index (χ3n) is 6.50. The zero-order valence-electron chi connectivity index (χ0n) is 13.6. The topological polar surface area (TPSA) is 49.6 Å². The van der Waals surface area contributed by atoms with Crippen molar-refractivity contribution < 1.29 is 9.32 Å². The van der Waals surface area contributed by atoms with Crippen LogP contribution >= 0.6 is 0 Å². The molecule has 5 nitrogen and oxygen atoms in total. The van der Waals surface area contributed by atoms with Crippen LogP contribution < -0.4 is 0 Å². The average Bonchev–Trinajstić information content (AvgIpc) is 3.03. The summed E-state index contributed by atoms with van der Waals surface area (Å²) in [6, 6.07) is 2.65. The Labute approximate surface area is 137 Å². The van der Waals surface area contributed by atoms with E-state index in [4.69, 9.17) is 4.52 Å². The number of carbonyl (C=O) groups excluding carboxylic acids is 1. The largest absolute Gasteiger partial charge is 0.360 e. The maximum Gasteiger partial charge on any atom is 0.276 e. The lowest BCUT2D eigenvalue weighted by atomic mass is 9.93. The van der Waals surface area contributed by atoms with Crippen LogP contribution in [-0.2, 0) is 0 Å². The minimum atomic E-state index is 0.0493. The van der Waals surface area contributed by atoms with Crippen molar-refractivity contribution in [3.05, 3.63) is 17.5 Å². The Morgan fingerprint density at radius 2 is 1.91 bits per heavy atom. The molecule has 1 amide bonds. The summed E-state index contributed by atoms with van der Waals surface area (Å²) in [5.41, 5.74) is 0.500. The Kier molecular flexibility index (Phi) is 3.25. The molecule has 0 unspecified atom stereocenters. The minimum Gasteiger partial charge on any atom is -0.360 e. The van der Waals surface area contributed by atoms with Crippen LogP contribution in [0.25, 0.3) is 0 Å². The highest BCUT2D eigenvalue weighted by Gasteiger charge is 2.43. The molecule has 1 saturated heterocycles. The molecule has 3 atom stereocenters. The molecular weight excluding hydrogens is 290 g/mol. The van der Waals surface area contributed by atoms with Gasteiger partial charge in [0.25, 0.3) is 5.91 Å². The first-order valence-electron chi connectivity index (χ1n) is 9.28. The van der Waals surface area contributed by atoms with E-state index in [0.717, 1.165) is 49.8 Å². The molecule has 5 heteroatoms. The zero-order valence-corrected chi connectivity index (χ0v) is 13.6. The molecule has 4 fully saturated rings. The fourth-order valence-electron chi connectivity index (χ4n) is 5.03. The number of carbonyl (C=O) groups is 1. The van der Waals surface area contributed by atoms with Crippen molar-refractivity contribution in [2.24, 2.45) is 11.8 Å². The van der Waals surface area contributed by atoms with Gasteiger partial charge in [0, 0.05) is 44.2 Å². The lowest BCUT2D eigenvalue weighted by molar-refractivity contribution is 0.0488. The van der Waals surface area contributed by atoms with Gasteiger partial charge in [-0.2, -0.15) is 0 Å². The van der Waals surface area contributed by atoms with Crippen LogP contribution in [0.5, 0.6) is 0 Å². The molecule has 124 valence electrons. The van der Waals surface area contributed by atoms with Crippen LogP contribution in [0.2, 0.25) is 0 Å². The number of amides is 1. The van der Waals surface area contributed by atoms with Crippen LogP contribution in [0.15, 0.2) is 10.6 Å². The van der Waals surface area contributed by atoms with Gasteiger partial charge in [-0.05, 0) is 43.9 Å². The molecular formula is C18H25N3O2. The normalized spacial score (nSPS) is 34.3. The molecule has 0 radical (unpaired) electrons. The molecule has 2 heterocycles. The molecule has 1 aromatic heterocycles. The number of piperazine rings is 1. The number of aromatic nitrogens is 1. The molecule has 2 bridgehead atoms. The molecule has 3 aliphatic carbocycles. The Morgan fingerprint density at radius 3 is 2.57 bits per heavy atom. The van der Waals surface area contributed by atoms with E-state index in [1.54, 1.807) is 0 Å². The second kappa shape index (κ2) is 5.33. The van der Waals surface area contributed by atoms with Crippen LogP contribution in [-0.4, -0.2) is 53.1 Å². The van der Waals surface area contributed by atoms with Crippen molar-refractivity contribution >= 4 is 5.91 Å². The lowest BCUT2D eigenvalue weighted by Gasteiger charge is -2.40. The van der Waals surface area contributed by atoms with Gasteiger partial charge in [0.05, 0.1) is 0 Å². The van der Waals surface area contributed by atoms with Crippen molar-refractivity contribution in [2.45, 2.75) is 50.5 Å². The van der Waals surface area contributed by atoms with Gasteiger partial charge >= 0.3 is 0 Å². The highest BCUT2D eigenvalue weighted by Crippen LogP contribution is 2.46. The minimum absolute atomic E-state index is 0.0493. The molecule has 0 spiro atoms. The van der Waals surface area contributed by atoms with E-state index in [0.29, 0.717) is 11.6 Å². The zero-order chi connectivity index (χ0) is 15.4. The maximum absolute atomic E-state index is 12.6. The van der Waals surface area contributed by atoms with Crippen molar-refractivity contribution in [2.75, 3.05) is 26.2 Å². The van der Waals surface area contributed by atoms with Crippen LogP contribution in [0.4, 0.5) is 0 Å². The highest BCUT2D eigenvalue weighted by molar-refractivity contribution is 5.92. The molecule has 0 N–H and O–H groups in total. The number of hydrogen-bond acceptors (Lipinski definition) is 4. The van der Waals surface area contributed by atoms with Crippen molar-refractivity contribution in [3.8, 4) is 0 Å². The molecule has 1 aromatic rings. The molecule has 5 rings (SSSR count). The third kappa shape index (κ3) is 2.49. The van der Waals surface area contributed by atoms with Crippen LogP contribution in [0, 0.1) is 11.8 Å². The van der Waals surface area contributed by atoms with Gasteiger partial charge in [-0.1, -0.05) is 11.6 Å². The van der Waals surface area contributed by atoms with Gasteiger partial charge in [0.2, 0.25) is 0 Å². The van der Waals surface area contributed by atoms with Gasteiger partial charge in [0.1, 0.15) is 5.76 Å². The summed E-state index contributed by atoms with van der Waals surface area (Å²) < 4.78 is 5.33. The second-order valence-corrected chi connectivity index (χ2v) is 7.96. The Hall–Kier alpha value is -1.36. The summed E-state index contributed by atoms with van der Waals surface area (Å²) in [7, 11) is 0. The van der Waals surface area contributed by atoms with Crippen molar-refractivity contribution in [1.29, 1.82) is 0 Å². The third-order valence-corrected chi connectivity index (χ3v) is 6.50. The average molecular weight is 315 g/mol. The van der Waals surface area contributed by atoms with Gasteiger partial charge in [-0.3, -0.25) is 9.69 Å². The summed E-state index contributed by atoms with van der Waals surface area (Å²) >= 11 is 0. The number of hydrogen-bond donors (Lipinski definition) is 0. The summed E-state index contributed by atoms with van der Waals surface area (Å²) in [5.74, 6) is 3.38. The molecule has 23 heavy (non-hydrogen) atoms. The Morgan fingerprint density at radius 1 is 1.09 bits per heavy atom. The highest BCUT2D eigenvalue weighted by atomic mass is 16.5. The van der Waals surface area contributed by atoms with Crippen LogP contribution in [0.3, 0.4) is 0 Å². The predicted molar refractivity (Wildman–Crippen MR) is 85.2 cm³/mol. The fraction of sp³-hybridized carbons (Fsp3) is 0.778. The monoisotopic (exact) mass is 315 g/mol. The van der Waals surface area contributed by atoms with E-state index >= 15 is 0 Å². The molecule has 4 aliphatic rings. The first-order chi connectivity index (χ1) is 11.3. The number of fused-ring (bicyclic) bond motifs is 2. The predicted octanol–water partition coefficient (Wildman–Crippen LogP) is 2.50. The van der Waals surface area contributed by atoms with Gasteiger partial charge in [-0.15, -0.1) is 0 Å². The van der Waals surface area contributed by atoms with Crippen molar-refractivity contribution in [3.63, 3.8) is 0 Å². The lowest BCUT2D eigenvalue weighted by Crippen LogP contribution is -2.53. The standard InChI is InChI=1S/C18H25N3O2/c22-18(15-11-17(23-19-15)13-3-4-13)21-7-5-20(6-8-21)16-10-12-1-2-14(16)9-12/h11-14,16H,1-10H2/t12-,14-,16-/m0/s1. The van der Waals surface area contributed by atoms with E-state index in [9.17, 15) is 4.79 Å². The van der Waals surface area contributed by atoms with E-state index in [1.807, 2.05) is 11.0 Å². The molecule has 3 saturated carbocycles. The smallest absolute Gasteiger partial charge is 0.276 e. The maximum atomic E-state index is 12.6. The van der Waals surface area contributed by atoms with Crippen LogP contribution in [0.1, 0.15) is 60.7 Å². The first-order valence-corrected chi connectivity index (χ1v) is 9.28. The number of rotatable bonds is 3. The molecule has 0 aromatic carbocycles. The van der Waals surface area contributed by atoms with E-state index < -0.39 is 0 Å². The Balaban J connectivity index is 1.19. The fourth-order valence-corrected chi connectivity index (χ4v) is 5.03. The second-order valence-electron chi connectivity index (χ2n) is 7.96. The summed E-state index contributed by atoms with van der Waals surface area (Å²) in [4.78, 5) is 17.2. The van der Waals surface area contributed by atoms with Crippen molar-refractivity contribution in [1.82, 2.24) is 15.0 Å².